The average molecular weight is 667 g/mol. The Hall–Kier alpha value is -4.03. The molecule has 0 spiro atoms. The van der Waals surface area contributed by atoms with Crippen LogP contribution in [0.1, 0.15) is 55.5 Å². The first-order valence-corrected chi connectivity index (χ1v) is 17.1. The van der Waals surface area contributed by atoms with Crippen LogP contribution in [0.25, 0.3) is 22.4 Å². The number of hydrogen-bond donors (Lipinski definition) is 2. The van der Waals surface area contributed by atoms with E-state index in [1.54, 1.807) is 39.5 Å². The Balaban J connectivity index is 1.53. The summed E-state index contributed by atoms with van der Waals surface area (Å²) in [5, 5.41) is 12.0. The number of rotatable bonds is 7. The molecule has 0 aliphatic carbocycles. The van der Waals surface area contributed by atoms with E-state index in [1.807, 2.05) is 50.4 Å². The Morgan fingerprint density at radius 1 is 1.13 bits per heavy atom. The van der Waals surface area contributed by atoms with Crippen LogP contribution in [0.15, 0.2) is 52.9 Å². The van der Waals surface area contributed by atoms with Crippen LogP contribution in [-0.2, 0) is 16.1 Å². The second-order valence-electron chi connectivity index (χ2n) is 11.5. The van der Waals surface area contributed by atoms with E-state index >= 15 is 0 Å². The van der Waals surface area contributed by atoms with Gasteiger partial charge in [0.15, 0.2) is 28.7 Å². The average Bonchev–Trinajstić information content (AvgIpc) is 3.67. The lowest BCUT2D eigenvalue weighted by Gasteiger charge is -2.27. The van der Waals surface area contributed by atoms with E-state index in [9.17, 15) is 14.4 Å². The maximum absolute atomic E-state index is 14.0. The smallest absolute Gasteiger partial charge is 0.289 e. The van der Waals surface area contributed by atoms with Crippen molar-refractivity contribution in [3.8, 4) is 17.1 Å². The monoisotopic (exact) mass is 666 g/mol. The normalized spacial score (nSPS) is 18.2. The molecule has 46 heavy (non-hydrogen) atoms. The zero-order chi connectivity index (χ0) is 32.8. The van der Waals surface area contributed by atoms with Crippen LogP contribution in [-0.4, -0.2) is 75.6 Å². The SMILES string of the molecule is COc1cc(Cl)cc2cc(C(=O)N3CCCC(=O)N[C@@H](CCSC)C(=O)N[C@H](C(C)C)c4nc(-c5ccccc5)nn4CC3)oc12. The van der Waals surface area contributed by atoms with Crippen LogP contribution in [0.4, 0.5) is 0 Å². The standard InChI is InChI=1S/C33H39ClN6O5S/c1-20(2)28-31-37-30(21-9-6-5-7-10-21)38-40(31)15-14-39(13-8-11-27(41)35-24(12-16-46-4)32(42)36-28)33(43)26-18-22-17-23(34)19-25(44-3)29(22)45-26/h5-7,9-10,17-20,24,28H,8,11-16H2,1-4H3,(H,35,41)(H,36,42)/t24-,28+/m0/s1. The Morgan fingerprint density at radius 3 is 2.63 bits per heavy atom. The fourth-order valence-electron chi connectivity index (χ4n) is 5.47. The van der Waals surface area contributed by atoms with E-state index in [0.29, 0.717) is 58.5 Å². The molecule has 11 nitrogen and oxygen atoms in total. The quantitative estimate of drug-likeness (QED) is 0.270. The summed E-state index contributed by atoms with van der Waals surface area (Å²) in [5.74, 6) is 1.47. The molecule has 1 aliphatic heterocycles. The van der Waals surface area contributed by atoms with Crippen molar-refractivity contribution in [1.82, 2.24) is 30.3 Å². The molecule has 0 unspecified atom stereocenters. The molecule has 244 valence electrons. The maximum atomic E-state index is 14.0. The summed E-state index contributed by atoms with van der Waals surface area (Å²) in [5.41, 5.74) is 1.26. The van der Waals surface area contributed by atoms with E-state index in [1.165, 1.54) is 7.11 Å². The number of furan rings is 1. The maximum Gasteiger partial charge on any atom is 0.289 e. The highest BCUT2D eigenvalue weighted by atomic mass is 35.5. The number of hydrogen-bond acceptors (Lipinski definition) is 8. The molecular formula is C33H39ClN6O5S. The van der Waals surface area contributed by atoms with Gasteiger partial charge in [-0.3, -0.25) is 14.4 Å². The first-order valence-electron chi connectivity index (χ1n) is 15.3. The fourth-order valence-corrected chi connectivity index (χ4v) is 6.16. The number of carbonyl (C=O) groups is 3. The first-order chi connectivity index (χ1) is 22.2. The number of benzene rings is 2. The molecule has 13 heteroatoms. The van der Waals surface area contributed by atoms with Crippen molar-refractivity contribution in [2.75, 3.05) is 32.2 Å². The Bertz CT molecular complexity index is 1690. The van der Waals surface area contributed by atoms with Crippen molar-refractivity contribution in [2.24, 2.45) is 5.92 Å². The van der Waals surface area contributed by atoms with E-state index < -0.39 is 12.1 Å². The third kappa shape index (κ3) is 7.67. The molecule has 0 radical (unpaired) electrons. The predicted octanol–water partition coefficient (Wildman–Crippen LogP) is 5.34. The summed E-state index contributed by atoms with van der Waals surface area (Å²) in [6.07, 6.45) is 2.98. The molecular weight excluding hydrogens is 628 g/mol. The van der Waals surface area contributed by atoms with Gasteiger partial charge in [-0.25, -0.2) is 9.67 Å². The fraction of sp³-hybridized carbons (Fsp3) is 0.424. The van der Waals surface area contributed by atoms with Crippen LogP contribution in [0.5, 0.6) is 5.75 Å². The number of amides is 3. The van der Waals surface area contributed by atoms with E-state index in [4.69, 9.17) is 30.8 Å². The summed E-state index contributed by atoms with van der Waals surface area (Å²) in [6, 6.07) is 13.4. The van der Waals surface area contributed by atoms with E-state index in [0.717, 1.165) is 5.56 Å². The second-order valence-corrected chi connectivity index (χ2v) is 13.0. The summed E-state index contributed by atoms with van der Waals surface area (Å²) in [7, 11) is 1.51. The van der Waals surface area contributed by atoms with Crippen LogP contribution in [0, 0.1) is 5.92 Å². The van der Waals surface area contributed by atoms with Crippen molar-refractivity contribution in [3.05, 3.63) is 65.1 Å². The molecule has 5 rings (SSSR count). The van der Waals surface area contributed by atoms with Gasteiger partial charge in [0.1, 0.15) is 6.04 Å². The van der Waals surface area contributed by atoms with Crippen molar-refractivity contribution >= 4 is 52.1 Å². The van der Waals surface area contributed by atoms with Gasteiger partial charge in [0.05, 0.1) is 19.7 Å². The summed E-state index contributed by atoms with van der Waals surface area (Å²) < 4.78 is 13.2. The lowest BCUT2D eigenvalue weighted by atomic mass is 10.0. The van der Waals surface area contributed by atoms with Crippen molar-refractivity contribution in [2.45, 2.75) is 51.7 Å². The van der Waals surface area contributed by atoms with Gasteiger partial charge in [-0.2, -0.15) is 16.9 Å². The van der Waals surface area contributed by atoms with Crippen molar-refractivity contribution in [3.63, 3.8) is 0 Å². The molecule has 2 N–H and O–H groups in total. The highest BCUT2D eigenvalue weighted by Gasteiger charge is 2.31. The summed E-state index contributed by atoms with van der Waals surface area (Å²) in [4.78, 5) is 47.2. The van der Waals surface area contributed by atoms with E-state index in [-0.39, 0.29) is 48.9 Å². The molecule has 1 aliphatic rings. The van der Waals surface area contributed by atoms with Gasteiger partial charge < -0.3 is 24.7 Å². The molecule has 3 heterocycles. The molecule has 0 fully saturated rings. The van der Waals surface area contributed by atoms with E-state index in [2.05, 4.69) is 10.6 Å². The number of methoxy groups -OCH3 is 1. The molecule has 2 aromatic carbocycles. The highest BCUT2D eigenvalue weighted by Crippen LogP contribution is 2.33. The third-order valence-electron chi connectivity index (χ3n) is 7.92. The number of nitrogens with one attached hydrogen (secondary N) is 2. The lowest BCUT2D eigenvalue weighted by Crippen LogP contribution is -2.49. The van der Waals surface area contributed by atoms with Crippen LogP contribution >= 0.6 is 23.4 Å². The van der Waals surface area contributed by atoms with Crippen LogP contribution < -0.4 is 15.4 Å². The van der Waals surface area contributed by atoms with Crippen molar-refractivity contribution in [1.29, 1.82) is 0 Å². The Kier molecular flexibility index (Phi) is 10.9. The zero-order valence-electron chi connectivity index (χ0n) is 26.4. The highest BCUT2D eigenvalue weighted by molar-refractivity contribution is 7.98. The lowest BCUT2D eigenvalue weighted by molar-refractivity contribution is -0.129. The number of aromatic nitrogens is 3. The predicted molar refractivity (Wildman–Crippen MR) is 179 cm³/mol. The molecule has 4 aromatic rings. The Labute approximate surface area is 277 Å². The molecule has 2 atom stereocenters. The minimum absolute atomic E-state index is 0.0459. The molecule has 3 amide bonds. The summed E-state index contributed by atoms with van der Waals surface area (Å²) in [6.45, 7) is 4.85. The topological polar surface area (TPSA) is 132 Å². The largest absolute Gasteiger partial charge is 0.493 e. The van der Waals surface area contributed by atoms with Gasteiger partial charge in [0, 0.05) is 41.5 Å². The molecule has 0 saturated heterocycles. The van der Waals surface area contributed by atoms with Gasteiger partial charge in [0.2, 0.25) is 11.8 Å². The van der Waals surface area contributed by atoms with Gasteiger partial charge in [-0.05, 0) is 42.9 Å². The van der Waals surface area contributed by atoms with Gasteiger partial charge >= 0.3 is 0 Å². The summed E-state index contributed by atoms with van der Waals surface area (Å²) >= 11 is 7.87. The minimum Gasteiger partial charge on any atom is -0.493 e. The van der Waals surface area contributed by atoms with Crippen LogP contribution in [0.2, 0.25) is 5.02 Å². The van der Waals surface area contributed by atoms with Gasteiger partial charge in [-0.15, -0.1) is 0 Å². The molecule has 2 aromatic heterocycles. The number of carbonyl (C=O) groups excluding carboxylic acids is 3. The number of ether oxygens (including phenoxy) is 1. The third-order valence-corrected chi connectivity index (χ3v) is 8.78. The van der Waals surface area contributed by atoms with Crippen LogP contribution in [0.3, 0.4) is 0 Å². The van der Waals surface area contributed by atoms with Gasteiger partial charge in [-0.1, -0.05) is 55.8 Å². The minimum atomic E-state index is -0.704. The van der Waals surface area contributed by atoms with Crippen molar-refractivity contribution < 1.29 is 23.5 Å². The second kappa shape index (κ2) is 15.0. The number of nitrogens with zero attached hydrogens (tertiary/aromatic N) is 4. The number of fused-ring (bicyclic) bond motifs is 2. The number of thioether (sulfide) groups is 1. The molecule has 0 bridgehead atoms. The Morgan fingerprint density at radius 2 is 1.91 bits per heavy atom. The zero-order valence-corrected chi connectivity index (χ0v) is 28.0. The first kappa shape index (κ1) is 33.3. The number of halogens is 1. The molecule has 0 saturated carbocycles. The van der Waals surface area contributed by atoms with Gasteiger partial charge in [0.25, 0.3) is 5.91 Å².